The molecule has 0 unspecified atom stereocenters. The molecule has 0 fully saturated rings. The van der Waals surface area contributed by atoms with Crippen molar-refractivity contribution in [2.24, 2.45) is 0 Å². The zero-order valence-electron chi connectivity index (χ0n) is 13.6. The number of anilines is 1. The normalized spacial score (nSPS) is 11.4. The van der Waals surface area contributed by atoms with Crippen molar-refractivity contribution in [2.75, 3.05) is 5.73 Å². The zero-order chi connectivity index (χ0) is 17.5. The fraction of sp³-hybridized carbons (Fsp3) is 0.0556. The monoisotopic (exact) mass is 343 g/mol. The second-order valence-corrected chi connectivity index (χ2v) is 5.86. The first-order valence-corrected chi connectivity index (χ1v) is 8.02. The quantitative estimate of drug-likeness (QED) is 0.536. The summed E-state index contributed by atoms with van der Waals surface area (Å²) in [6, 6.07) is 13.6. The van der Waals surface area contributed by atoms with Gasteiger partial charge in [-0.3, -0.25) is 4.98 Å². The lowest BCUT2D eigenvalue weighted by Gasteiger charge is -2.05. The van der Waals surface area contributed by atoms with E-state index in [4.69, 9.17) is 10.2 Å². The summed E-state index contributed by atoms with van der Waals surface area (Å²) in [7, 11) is 0. The van der Waals surface area contributed by atoms with Gasteiger partial charge in [0.25, 0.3) is 0 Å². The van der Waals surface area contributed by atoms with Crippen LogP contribution in [0.5, 0.6) is 0 Å². The average molecular weight is 343 g/mol. The SMILES string of the molecule is Nc1nc(-c2ccco2)c2nnn(Cc3ccc4ncccc4c3)c2n1. The highest BCUT2D eigenvalue weighted by atomic mass is 16.3. The Balaban J connectivity index is 1.61. The number of furan rings is 1. The number of pyridine rings is 1. The standard InChI is InChI=1S/C18H13N7O/c19-18-21-15(14-4-2-8-26-14)16-17(22-18)25(24-23-16)10-11-5-6-13-12(9-11)3-1-7-20-13/h1-9H,10H2,(H2,19,21,22). The van der Waals surface area contributed by atoms with E-state index >= 15 is 0 Å². The van der Waals surface area contributed by atoms with E-state index in [1.807, 2.05) is 24.3 Å². The molecule has 4 heterocycles. The summed E-state index contributed by atoms with van der Waals surface area (Å²) < 4.78 is 7.13. The predicted molar refractivity (Wildman–Crippen MR) is 96.1 cm³/mol. The molecule has 8 nitrogen and oxygen atoms in total. The minimum atomic E-state index is 0.148. The third kappa shape index (κ3) is 2.35. The molecule has 0 spiro atoms. The molecule has 4 aromatic heterocycles. The van der Waals surface area contributed by atoms with Crippen molar-refractivity contribution >= 4 is 28.0 Å². The molecular formula is C18H13N7O. The first-order chi connectivity index (χ1) is 12.8. The van der Waals surface area contributed by atoms with Gasteiger partial charge in [-0.2, -0.15) is 4.98 Å². The first-order valence-electron chi connectivity index (χ1n) is 8.02. The van der Waals surface area contributed by atoms with E-state index in [-0.39, 0.29) is 5.95 Å². The van der Waals surface area contributed by atoms with Crippen LogP contribution in [0.15, 0.2) is 59.3 Å². The Hall–Kier alpha value is -3.81. The summed E-state index contributed by atoms with van der Waals surface area (Å²) in [5.41, 5.74) is 9.55. The number of fused-ring (bicyclic) bond motifs is 2. The van der Waals surface area contributed by atoms with Crippen LogP contribution in [0.1, 0.15) is 5.56 Å². The molecule has 5 rings (SSSR count). The van der Waals surface area contributed by atoms with E-state index in [1.165, 1.54) is 0 Å². The van der Waals surface area contributed by atoms with E-state index in [0.717, 1.165) is 16.5 Å². The number of rotatable bonds is 3. The van der Waals surface area contributed by atoms with E-state index < -0.39 is 0 Å². The topological polar surface area (TPSA) is 109 Å². The molecule has 0 aliphatic rings. The van der Waals surface area contributed by atoms with Gasteiger partial charge in [-0.05, 0) is 35.9 Å². The zero-order valence-corrected chi connectivity index (χ0v) is 13.6. The van der Waals surface area contributed by atoms with E-state index in [1.54, 1.807) is 29.3 Å². The summed E-state index contributed by atoms with van der Waals surface area (Å²) in [5, 5.41) is 9.54. The van der Waals surface area contributed by atoms with Crippen LogP contribution in [0.4, 0.5) is 5.95 Å². The van der Waals surface area contributed by atoms with Crippen molar-refractivity contribution < 1.29 is 4.42 Å². The van der Waals surface area contributed by atoms with Gasteiger partial charge in [0.1, 0.15) is 5.69 Å². The van der Waals surface area contributed by atoms with Gasteiger partial charge in [-0.1, -0.05) is 17.3 Å². The van der Waals surface area contributed by atoms with Crippen molar-refractivity contribution in [3.05, 3.63) is 60.5 Å². The number of aromatic nitrogens is 6. The summed E-state index contributed by atoms with van der Waals surface area (Å²) in [4.78, 5) is 12.9. The van der Waals surface area contributed by atoms with Gasteiger partial charge < -0.3 is 10.2 Å². The van der Waals surface area contributed by atoms with Gasteiger partial charge in [0.15, 0.2) is 16.9 Å². The number of nitrogens with zero attached hydrogens (tertiary/aromatic N) is 6. The van der Waals surface area contributed by atoms with E-state index in [0.29, 0.717) is 29.2 Å². The van der Waals surface area contributed by atoms with Gasteiger partial charge >= 0.3 is 0 Å². The average Bonchev–Trinajstić information content (AvgIpc) is 3.32. The van der Waals surface area contributed by atoms with Crippen LogP contribution in [0, 0.1) is 0 Å². The van der Waals surface area contributed by atoms with Crippen molar-refractivity contribution in [3.63, 3.8) is 0 Å². The van der Waals surface area contributed by atoms with Crippen molar-refractivity contribution in [3.8, 4) is 11.5 Å². The highest BCUT2D eigenvalue weighted by Crippen LogP contribution is 2.25. The van der Waals surface area contributed by atoms with E-state index in [2.05, 4.69) is 31.3 Å². The molecule has 0 amide bonds. The first kappa shape index (κ1) is 14.5. The smallest absolute Gasteiger partial charge is 0.222 e. The van der Waals surface area contributed by atoms with Crippen LogP contribution in [0.2, 0.25) is 0 Å². The molecule has 0 saturated carbocycles. The summed E-state index contributed by atoms with van der Waals surface area (Å²) in [6.07, 6.45) is 3.36. The maximum Gasteiger partial charge on any atom is 0.222 e. The lowest BCUT2D eigenvalue weighted by Crippen LogP contribution is -2.05. The molecule has 0 saturated heterocycles. The third-order valence-corrected chi connectivity index (χ3v) is 4.13. The molecule has 1 aromatic carbocycles. The Morgan fingerprint density at radius 1 is 1.08 bits per heavy atom. The van der Waals surface area contributed by atoms with Crippen molar-refractivity contribution in [1.29, 1.82) is 0 Å². The molecule has 0 atom stereocenters. The van der Waals surface area contributed by atoms with Crippen LogP contribution >= 0.6 is 0 Å². The Bertz CT molecular complexity index is 1230. The Kier molecular flexibility index (Phi) is 3.14. The van der Waals surface area contributed by atoms with Crippen LogP contribution in [0.25, 0.3) is 33.5 Å². The molecule has 0 aliphatic carbocycles. The lowest BCUT2D eigenvalue weighted by atomic mass is 10.1. The summed E-state index contributed by atoms with van der Waals surface area (Å²) >= 11 is 0. The van der Waals surface area contributed by atoms with Gasteiger partial charge in [-0.15, -0.1) is 5.10 Å². The summed E-state index contributed by atoms with van der Waals surface area (Å²) in [5.74, 6) is 0.725. The Morgan fingerprint density at radius 3 is 2.92 bits per heavy atom. The van der Waals surface area contributed by atoms with E-state index in [9.17, 15) is 0 Å². The maximum absolute atomic E-state index is 5.89. The minimum absolute atomic E-state index is 0.148. The predicted octanol–water partition coefficient (Wildman–Crippen LogP) is 2.66. The fourth-order valence-electron chi connectivity index (χ4n) is 2.96. The lowest BCUT2D eigenvalue weighted by molar-refractivity contribution is 0.580. The van der Waals surface area contributed by atoms with Crippen LogP contribution in [-0.4, -0.2) is 29.9 Å². The number of hydrogen-bond donors (Lipinski definition) is 1. The van der Waals surface area contributed by atoms with Crippen LogP contribution in [-0.2, 0) is 6.54 Å². The highest BCUT2D eigenvalue weighted by molar-refractivity contribution is 5.86. The molecule has 26 heavy (non-hydrogen) atoms. The molecule has 8 heteroatoms. The molecule has 5 aromatic rings. The molecule has 0 radical (unpaired) electrons. The Labute approximate surface area is 147 Å². The van der Waals surface area contributed by atoms with Crippen LogP contribution in [0.3, 0.4) is 0 Å². The molecule has 0 bridgehead atoms. The number of nitrogen functional groups attached to an aromatic ring is 1. The molecule has 0 aliphatic heterocycles. The maximum atomic E-state index is 5.89. The third-order valence-electron chi connectivity index (χ3n) is 4.13. The molecule has 126 valence electrons. The second kappa shape index (κ2) is 5.62. The van der Waals surface area contributed by atoms with Gasteiger partial charge in [0, 0.05) is 11.6 Å². The fourth-order valence-corrected chi connectivity index (χ4v) is 2.96. The number of nitrogens with two attached hydrogens (primary N) is 1. The van der Waals surface area contributed by atoms with Crippen LogP contribution < -0.4 is 5.73 Å². The Morgan fingerprint density at radius 2 is 2.04 bits per heavy atom. The second-order valence-electron chi connectivity index (χ2n) is 5.86. The largest absolute Gasteiger partial charge is 0.463 e. The molecular weight excluding hydrogens is 330 g/mol. The van der Waals surface area contributed by atoms with Gasteiger partial charge in [0.2, 0.25) is 5.95 Å². The molecule has 2 N–H and O–H groups in total. The number of hydrogen-bond acceptors (Lipinski definition) is 7. The van der Waals surface area contributed by atoms with Gasteiger partial charge in [0.05, 0.1) is 18.3 Å². The van der Waals surface area contributed by atoms with Crippen molar-refractivity contribution in [2.45, 2.75) is 6.54 Å². The van der Waals surface area contributed by atoms with Gasteiger partial charge in [-0.25, -0.2) is 9.67 Å². The summed E-state index contributed by atoms with van der Waals surface area (Å²) in [6.45, 7) is 0.509. The number of benzene rings is 1. The minimum Gasteiger partial charge on any atom is -0.463 e. The highest BCUT2D eigenvalue weighted by Gasteiger charge is 2.17. The van der Waals surface area contributed by atoms with Crippen molar-refractivity contribution in [1.82, 2.24) is 29.9 Å².